The molecule has 0 radical (unpaired) electrons. The van der Waals surface area contributed by atoms with Crippen LogP contribution in [0.15, 0.2) is 53.4 Å². The first-order valence-corrected chi connectivity index (χ1v) is 15.4. The molecule has 41 heavy (non-hydrogen) atoms. The third-order valence-corrected chi connectivity index (χ3v) is 9.43. The van der Waals surface area contributed by atoms with E-state index in [0.717, 1.165) is 13.1 Å². The van der Waals surface area contributed by atoms with Crippen molar-refractivity contribution >= 4 is 27.5 Å². The molecule has 4 rings (SSSR count). The Morgan fingerprint density at radius 1 is 1.17 bits per heavy atom. The van der Waals surface area contributed by atoms with Gasteiger partial charge in [0.05, 0.1) is 42.9 Å². The number of fused-ring (bicyclic) bond motifs is 1. The van der Waals surface area contributed by atoms with E-state index >= 15 is 0 Å². The van der Waals surface area contributed by atoms with E-state index in [1.54, 1.807) is 60.4 Å². The fraction of sp³-hybridized carbons (Fsp3) is 0.517. The number of benzene rings is 2. The number of morpholine rings is 1. The van der Waals surface area contributed by atoms with Gasteiger partial charge in [0.2, 0.25) is 15.9 Å². The average molecular weight is 589 g/mol. The van der Waals surface area contributed by atoms with Crippen molar-refractivity contribution in [1.29, 1.82) is 0 Å². The molecule has 2 aromatic carbocycles. The van der Waals surface area contributed by atoms with E-state index in [2.05, 4.69) is 10.2 Å². The van der Waals surface area contributed by atoms with Gasteiger partial charge in [0.25, 0.3) is 5.91 Å². The summed E-state index contributed by atoms with van der Waals surface area (Å²) in [6, 6.07) is 12.6. The summed E-state index contributed by atoms with van der Waals surface area (Å²) >= 11 is 0. The van der Waals surface area contributed by atoms with Crippen molar-refractivity contribution in [1.82, 2.24) is 14.1 Å². The summed E-state index contributed by atoms with van der Waals surface area (Å²) in [5.41, 5.74) is 0.694. The summed E-state index contributed by atoms with van der Waals surface area (Å²) in [5.74, 6) is -0.468. The Labute approximate surface area is 242 Å². The van der Waals surface area contributed by atoms with Crippen molar-refractivity contribution in [3.05, 3.63) is 54.1 Å². The van der Waals surface area contributed by atoms with Crippen LogP contribution < -0.4 is 10.1 Å². The molecule has 224 valence electrons. The summed E-state index contributed by atoms with van der Waals surface area (Å²) in [6.07, 6.45) is -0.288. The molecule has 2 amide bonds. The SMILES string of the molecule is C[C@H](CO)N1C[C@H](C)[C@@H](CN(C)S(=O)(=O)c2ccccc2)Oc2ccc(NC(=O)CCN3CCOCC3)cc2C1=O. The third kappa shape index (κ3) is 7.63. The smallest absolute Gasteiger partial charge is 0.258 e. The molecule has 0 bridgehead atoms. The molecule has 2 aliphatic rings. The second-order valence-electron chi connectivity index (χ2n) is 10.7. The molecule has 2 aromatic rings. The number of hydrogen-bond acceptors (Lipinski definition) is 8. The molecule has 0 saturated carbocycles. The molecule has 2 N–H and O–H groups in total. The lowest BCUT2D eigenvalue weighted by Crippen LogP contribution is -2.50. The van der Waals surface area contributed by atoms with E-state index in [1.165, 1.54) is 11.4 Å². The number of amides is 2. The van der Waals surface area contributed by atoms with Gasteiger partial charge in [-0.3, -0.25) is 14.5 Å². The molecule has 0 unspecified atom stereocenters. The molecule has 2 aliphatic heterocycles. The molecule has 0 spiro atoms. The summed E-state index contributed by atoms with van der Waals surface area (Å²) in [5, 5.41) is 12.8. The molecular weight excluding hydrogens is 548 g/mol. The summed E-state index contributed by atoms with van der Waals surface area (Å²) in [4.78, 5) is 30.3. The fourth-order valence-electron chi connectivity index (χ4n) is 4.95. The van der Waals surface area contributed by atoms with Crippen molar-refractivity contribution in [3.8, 4) is 5.75 Å². The first-order chi connectivity index (χ1) is 19.6. The predicted octanol–water partition coefficient (Wildman–Crippen LogP) is 1.89. The van der Waals surface area contributed by atoms with Crippen LogP contribution >= 0.6 is 0 Å². The van der Waals surface area contributed by atoms with Gasteiger partial charge >= 0.3 is 0 Å². The van der Waals surface area contributed by atoms with Crippen LogP contribution in [0.5, 0.6) is 5.75 Å². The van der Waals surface area contributed by atoms with Gasteiger partial charge in [-0.05, 0) is 37.3 Å². The van der Waals surface area contributed by atoms with Crippen molar-refractivity contribution < 1.29 is 32.6 Å². The number of nitrogens with one attached hydrogen (secondary N) is 1. The van der Waals surface area contributed by atoms with Gasteiger partial charge in [0.15, 0.2) is 0 Å². The van der Waals surface area contributed by atoms with E-state index in [4.69, 9.17) is 9.47 Å². The van der Waals surface area contributed by atoms with Crippen LogP contribution in [-0.4, -0.2) is 111 Å². The molecule has 0 aliphatic carbocycles. The monoisotopic (exact) mass is 588 g/mol. The molecule has 3 atom stereocenters. The topological polar surface area (TPSA) is 129 Å². The third-order valence-electron chi connectivity index (χ3n) is 7.60. The number of aliphatic hydroxyl groups excluding tert-OH is 1. The Bertz CT molecular complexity index is 1300. The van der Waals surface area contributed by atoms with Gasteiger partial charge in [0, 0.05) is 51.3 Å². The number of hydrogen-bond donors (Lipinski definition) is 2. The van der Waals surface area contributed by atoms with Crippen LogP contribution in [0.25, 0.3) is 0 Å². The minimum Gasteiger partial charge on any atom is -0.488 e. The number of carbonyl (C=O) groups excluding carboxylic acids is 2. The van der Waals surface area contributed by atoms with Gasteiger partial charge in [-0.1, -0.05) is 25.1 Å². The number of nitrogens with zero attached hydrogens (tertiary/aromatic N) is 3. The maximum atomic E-state index is 13.7. The normalized spacial score (nSPS) is 21.0. The quantitative estimate of drug-likeness (QED) is 0.431. The molecule has 12 heteroatoms. The Morgan fingerprint density at radius 3 is 2.56 bits per heavy atom. The van der Waals surface area contributed by atoms with Crippen LogP contribution in [0.4, 0.5) is 5.69 Å². The first-order valence-electron chi connectivity index (χ1n) is 13.9. The Morgan fingerprint density at radius 2 is 1.88 bits per heavy atom. The lowest BCUT2D eigenvalue weighted by molar-refractivity contribution is -0.116. The second kappa shape index (κ2) is 13.8. The standard InChI is InChI=1S/C29H40N4O7S/c1-21-18-33(22(2)20-34)29(36)25-17-23(30-28(35)11-12-32-13-15-39-16-14-32)9-10-26(25)40-27(21)19-31(3)41(37,38)24-7-5-4-6-8-24/h4-10,17,21-22,27,34H,11-16,18-20H2,1-3H3,(H,30,35)/t21-,22+,27+/m0/s1. The zero-order chi connectivity index (χ0) is 29.6. The Kier molecular flexibility index (Phi) is 10.4. The lowest BCUT2D eigenvalue weighted by atomic mass is 9.99. The van der Waals surface area contributed by atoms with E-state index in [9.17, 15) is 23.1 Å². The van der Waals surface area contributed by atoms with Crippen molar-refractivity contribution in [2.24, 2.45) is 5.92 Å². The molecule has 2 heterocycles. The van der Waals surface area contributed by atoms with Crippen LogP contribution in [0.1, 0.15) is 30.6 Å². The zero-order valence-electron chi connectivity index (χ0n) is 23.9. The molecule has 0 aromatic heterocycles. The number of carbonyl (C=O) groups is 2. The van der Waals surface area contributed by atoms with Crippen molar-refractivity contribution in [2.45, 2.75) is 37.3 Å². The minimum atomic E-state index is -3.76. The van der Waals surface area contributed by atoms with Gasteiger partial charge in [0.1, 0.15) is 11.9 Å². The maximum Gasteiger partial charge on any atom is 0.258 e. The number of likely N-dealkylation sites (N-methyl/N-ethyl adjacent to an activating group) is 1. The van der Waals surface area contributed by atoms with Gasteiger partial charge < -0.3 is 24.8 Å². The van der Waals surface area contributed by atoms with E-state index in [-0.39, 0.29) is 47.9 Å². The van der Waals surface area contributed by atoms with Crippen molar-refractivity contribution in [3.63, 3.8) is 0 Å². The number of ether oxygens (including phenoxy) is 2. The summed E-state index contributed by atoms with van der Waals surface area (Å²) in [7, 11) is -2.26. The van der Waals surface area contributed by atoms with Crippen LogP contribution in [0, 0.1) is 5.92 Å². The number of anilines is 1. The average Bonchev–Trinajstić information content (AvgIpc) is 2.98. The second-order valence-corrected chi connectivity index (χ2v) is 12.7. The molecular formula is C29H40N4O7S. The molecule has 1 saturated heterocycles. The fourth-order valence-corrected chi connectivity index (χ4v) is 6.15. The Balaban J connectivity index is 1.55. The largest absolute Gasteiger partial charge is 0.488 e. The predicted molar refractivity (Wildman–Crippen MR) is 154 cm³/mol. The minimum absolute atomic E-state index is 0.0490. The summed E-state index contributed by atoms with van der Waals surface area (Å²) < 4.78 is 39.3. The number of rotatable bonds is 10. The molecule has 11 nitrogen and oxygen atoms in total. The van der Waals surface area contributed by atoms with Crippen LogP contribution in [0.3, 0.4) is 0 Å². The molecule has 1 fully saturated rings. The highest BCUT2D eigenvalue weighted by Gasteiger charge is 2.35. The highest BCUT2D eigenvalue weighted by Crippen LogP contribution is 2.31. The van der Waals surface area contributed by atoms with Gasteiger partial charge in [-0.2, -0.15) is 4.31 Å². The Hall–Kier alpha value is -3.03. The number of sulfonamides is 1. The number of aliphatic hydroxyl groups is 1. The van der Waals surface area contributed by atoms with E-state index in [0.29, 0.717) is 37.6 Å². The first kappa shape index (κ1) is 30.9. The zero-order valence-corrected chi connectivity index (χ0v) is 24.7. The summed E-state index contributed by atoms with van der Waals surface area (Å²) in [6.45, 7) is 7.22. The van der Waals surface area contributed by atoms with E-state index in [1.807, 2.05) is 6.92 Å². The lowest BCUT2D eigenvalue weighted by Gasteiger charge is -2.38. The van der Waals surface area contributed by atoms with E-state index < -0.39 is 22.2 Å². The highest BCUT2D eigenvalue weighted by molar-refractivity contribution is 7.89. The van der Waals surface area contributed by atoms with Gasteiger partial charge in [-0.15, -0.1) is 0 Å². The van der Waals surface area contributed by atoms with Crippen LogP contribution in [-0.2, 0) is 19.6 Å². The van der Waals surface area contributed by atoms with Crippen molar-refractivity contribution in [2.75, 3.05) is 64.9 Å². The van der Waals surface area contributed by atoms with Gasteiger partial charge in [-0.25, -0.2) is 8.42 Å². The highest BCUT2D eigenvalue weighted by atomic mass is 32.2. The van der Waals surface area contributed by atoms with Crippen LogP contribution in [0.2, 0.25) is 0 Å². The maximum absolute atomic E-state index is 13.7.